The van der Waals surface area contributed by atoms with Gasteiger partial charge in [-0.2, -0.15) is 0 Å². The minimum absolute atomic E-state index is 0.0235. The lowest BCUT2D eigenvalue weighted by atomic mass is 9.81. The van der Waals surface area contributed by atoms with E-state index in [2.05, 4.69) is 0 Å². The Balaban J connectivity index is 2.17. The van der Waals surface area contributed by atoms with Crippen LogP contribution in [0.25, 0.3) is 0 Å². The van der Waals surface area contributed by atoms with Gasteiger partial charge in [-0.15, -0.1) is 0 Å². The van der Waals surface area contributed by atoms with Crippen LogP contribution in [-0.4, -0.2) is 54.0 Å². The number of carbonyl (C=O) groups excluding carboxylic acids is 3. The van der Waals surface area contributed by atoms with Gasteiger partial charge in [0.05, 0.1) is 29.9 Å². The van der Waals surface area contributed by atoms with Crippen LogP contribution in [-0.2, 0) is 14.3 Å². The first-order valence-electron chi connectivity index (χ1n) is 7.95. The van der Waals surface area contributed by atoms with Crippen molar-refractivity contribution >= 4 is 17.3 Å². The van der Waals surface area contributed by atoms with Crippen molar-refractivity contribution in [3.05, 3.63) is 28.5 Å². The van der Waals surface area contributed by atoms with E-state index in [1.54, 1.807) is 0 Å². The lowest BCUT2D eigenvalue weighted by Gasteiger charge is -2.34. The van der Waals surface area contributed by atoms with Gasteiger partial charge in [0.2, 0.25) is 5.78 Å². The van der Waals surface area contributed by atoms with Crippen molar-refractivity contribution in [3.63, 3.8) is 0 Å². The molecule has 2 N–H and O–H groups in total. The molecule has 1 heterocycles. The van der Waals surface area contributed by atoms with Gasteiger partial charge in [0, 0.05) is 26.0 Å². The fourth-order valence-electron chi connectivity index (χ4n) is 3.36. The maximum atomic E-state index is 12.9. The maximum absolute atomic E-state index is 12.9. The highest BCUT2D eigenvalue weighted by atomic mass is 16.5. The van der Waals surface area contributed by atoms with E-state index < -0.39 is 35.3 Å². The van der Waals surface area contributed by atoms with Crippen LogP contribution in [0, 0.1) is 0 Å². The fourth-order valence-corrected chi connectivity index (χ4v) is 3.36. The Labute approximate surface area is 149 Å². The Morgan fingerprint density at radius 1 is 1.23 bits per heavy atom. The van der Waals surface area contributed by atoms with E-state index in [1.807, 2.05) is 0 Å². The van der Waals surface area contributed by atoms with Gasteiger partial charge in [-0.05, 0) is 6.92 Å². The number of carbonyl (C=O) groups is 3. The van der Waals surface area contributed by atoms with E-state index in [4.69, 9.17) is 14.2 Å². The molecule has 1 aromatic rings. The minimum Gasteiger partial charge on any atom is -0.507 e. The van der Waals surface area contributed by atoms with E-state index in [0.29, 0.717) is 0 Å². The molecule has 0 saturated heterocycles. The lowest BCUT2D eigenvalue weighted by molar-refractivity contribution is -0.119. The van der Waals surface area contributed by atoms with Crippen molar-refractivity contribution in [3.8, 4) is 17.2 Å². The molecule has 8 heteroatoms. The summed E-state index contributed by atoms with van der Waals surface area (Å²) in [6, 6.07) is 1.06. The number of hydrogen-bond donors (Lipinski definition) is 2. The van der Waals surface area contributed by atoms with Gasteiger partial charge in [-0.25, -0.2) is 0 Å². The largest absolute Gasteiger partial charge is 0.507 e. The first-order chi connectivity index (χ1) is 12.3. The van der Waals surface area contributed by atoms with E-state index in [0.717, 1.165) is 6.07 Å². The van der Waals surface area contributed by atoms with Crippen LogP contribution in [0.15, 0.2) is 17.4 Å². The van der Waals surface area contributed by atoms with Gasteiger partial charge >= 0.3 is 0 Å². The summed E-state index contributed by atoms with van der Waals surface area (Å²) in [6.07, 6.45) is -1.13. The molecule has 2 aliphatic rings. The predicted molar refractivity (Wildman–Crippen MR) is 87.6 cm³/mol. The van der Waals surface area contributed by atoms with Crippen molar-refractivity contribution in [2.75, 3.05) is 14.2 Å². The van der Waals surface area contributed by atoms with E-state index in [-0.39, 0.29) is 46.8 Å². The summed E-state index contributed by atoms with van der Waals surface area (Å²) in [5.41, 5.74) is -0.726. The zero-order valence-corrected chi connectivity index (χ0v) is 14.5. The van der Waals surface area contributed by atoms with E-state index in [9.17, 15) is 24.6 Å². The highest BCUT2D eigenvalue weighted by molar-refractivity contribution is 6.29. The number of aromatic hydroxyl groups is 2. The number of phenols is 2. The number of allylic oxidation sites excluding steroid dienone is 1. The third-order valence-corrected chi connectivity index (χ3v) is 4.50. The monoisotopic (exact) mass is 362 g/mol. The SMILES string of the molecule is COc1cc(O)c2c(c1O)C(=O)C1=C(C2=O)[C@@H](OC)C[C@H](CC(C)=O)O1. The highest BCUT2D eigenvalue weighted by Crippen LogP contribution is 2.45. The quantitative estimate of drug-likeness (QED) is 0.774. The van der Waals surface area contributed by atoms with Gasteiger partial charge in [0.1, 0.15) is 17.6 Å². The number of benzene rings is 1. The molecule has 26 heavy (non-hydrogen) atoms. The number of hydrogen-bond acceptors (Lipinski definition) is 8. The second-order valence-corrected chi connectivity index (χ2v) is 6.20. The standard InChI is InChI=1S/C18H18O8/c1-7(19)4-8-5-10(24-2)13-16(22)12-9(20)6-11(25-3)15(21)14(12)17(23)18(13)26-8/h6,8,10,20-21H,4-5H2,1-3H3/t8-,10-/m0/s1. The highest BCUT2D eigenvalue weighted by Gasteiger charge is 2.45. The summed E-state index contributed by atoms with van der Waals surface area (Å²) in [5, 5.41) is 20.5. The second kappa shape index (κ2) is 6.45. The summed E-state index contributed by atoms with van der Waals surface area (Å²) in [5.74, 6) is -3.03. The zero-order valence-electron chi connectivity index (χ0n) is 14.5. The van der Waals surface area contributed by atoms with Crippen LogP contribution >= 0.6 is 0 Å². The summed E-state index contributed by atoms with van der Waals surface area (Å²) < 4.78 is 15.9. The normalized spacial score (nSPS) is 21.8. The first kappa shape index (κ1) is 17.9. The van der Waals surface area contributed by atoms with Gasteiger partial charge in [0.25, 0.3) is 0 Å². The van der Waals surface area contributed by atoms with Crippen molar-refractivity contribution in [1.82, 2.24) is 0 Å². The molecule has 0 unspecified atom stereocenters. The Morgan fingerprint density at radius 3 is 2.50 bits per heavy atom. The Bertz CT molecular complexity index is 851. The van der Waals surface area contributed by atoms with Crippen molar-refractivity contribution < 1.29 is 38.8 Å². The number of ketones is 3. The molecule has 1 aliphatic carbocycles. The molecular formula is C18H18O8. The Morgan fingerprint density at radius 2 is 1.92 bits per heavy atom. The summed E-state index contributed by atoms with van der Waals surface area (Å²) >= 11 is 0. The summed E-state index contributed by atoms with van der Waals surface area (Å²) in [6.45, 7) is 1.40. The molecule has 0 radical (unpaired) electrons. The molecule has 0 bridgehead atoms. The number of ether oxygens (including phenoxy) is 3. The molecule has 0 spiro atoms. The first-order valence-corrected chi connectivity index (χ1v) is 7.95. The average molecular weight is 362 g/mol. The number of phenolic OH excluding ortho intramolecular Hbond substituents is 2. The van der Waals surface area contributed by atoms with Gasteiger partial charge in [0.15, 0.2) is 23.0 Å². The molecule has 8 nitrogen and oxygen atoms in total. The molecular weight excluding hydrogens is 344 g/mol. The molecule has 0 fully saturated rings. The summed E-state index contributed by atoms with van der Waals surface area (Å²) in [4.78, 5) is 37.3. The van der Waals surface area contributed by atoms with Crippen LogP contribution in [0.2, 0.25) is 0 Å². The van der Waals surface area contributed by atoms with Crippen LogP contribution in [0.1, 0.15) is 40.5 Å². The third-order valence-electron chi connectivity index (χ3n) is 4.50. The fraction of sp³-hybridized carbons (Fsp3) is 0.389. The summed E-state index contributed by atoms with van der Waals surface area (Å²) in [7, 11) is 2.63. The molecule has 138 valence electrons. The van der Waals surface area contributed by atoms with Crippen LogP contribution in [0.3, 0.4) is 0 Å². The molecule has 3 rings (SSSR count). The average Bonchev–Trinajstić information content (AvgIpc) is 2.59. The van der Waals surface area contributed by atoms with Gasteiger partial charge in [-0.1, -0.05) is 0 Å². The number of rotatable bonds is 4. The van der Waals surface area contributed by atoms with Crippen LogP contribution in [0.5, 0.6) is 17.2 Å². The topological polar surface area (TPSA) is 119 Å². The Kier molecular flexibility index (Phi) is 4.45. The van der Waals surface area contributed by atoms with Gasteiger partial charge < -0.3 is 24.4 Å². The van der Waals surface area contributed by atoms with E-state index >= 15 is 0 Å². The van der Waals surface area contributed by atoms with Crippen LogP contribution in [0.4, 0.5) is 0 Å². The van der Waals surface area contributed by atoms with Crippen molar-refractivity contribution in [2.24, 2.45) is 0 Å². The molecule has 2 atom stereocenters. The zero-order chi connectivity index (χ0) is 19.2. The smallest absolute Gasteiger partial charge is 0.232 e. The lowest BCUT2D eigenvalue weighted by Crippen LogP contribution is -2.39. The van der Waals surface area contributed by atoms with Gasteiger partial charge in [-0.3, -0.25) is 14.4 Å². The molecule has 0 amide bonds. The van der Waals surface area contributed by atoms with E-state index in [1.165, 1.54) is 21.1 Å². The number of fused-ring (bicyclic) bond motifs is 1. The predicted octanol–water partition coefficient (Wildman–Crippen LogP) is 1.52. The molecule has 1 aromatic carbocycles. The molecule has 0 aromatic heterocycles. The van der Waals surface area contributed by atoms with Crippen molar-refractivity contribution in [2.45, 2.75) is 32.0 Å². The van der Waals surface area contributed by atoms with Crippen LogP contribution < -0.4 is 4.74 Å². The molecule has 1 aliphatic heterocycles. The molecule has 0 saturated carbocycles. The van der Waals surface area contributed by atoms with Crippen molar-refractivity contribution in [1.29, 1.82) is 0 Å². The second-order valence-electron chi connectivity index (χ2n) is 6.20. The maximum Gasteiger partial charge on any atom is 0.232 e. The third kappa shape index (κ3) is 2.62. The number of methoxy groups -OCH3 is 2. The Hall–Kier alpha value is -2.87. The minimum atomic E-state index is -0.767. The number of Topliss-reactive ketones (excluding diaryl/α,β-unsaturated/α-hetero) is 3.